The molecule has 1 fully saturated rings. The molecule has 6 nitrogen and oxygen atoms in total. The molecule has 0 spiro atoms. The van der Waals surface area contributed by atoms with Crippen LogP contribution in [-0.2, 0) is 16.6 Å². The molecule has 2 aromatic rings. The number of sulfonamides is 1. The molecule has 3 rings (SSSR count). The summed E-state index contributed by atoms with van der Waals surface area (Å²) in [5.74, 6) is 0.891. The van der Waals surface area contributed by atoms with E-state index >= 15 is 0 Å². The van der Waals surface area contributed by atoms with Gasteiger partial charge in [0.15, 0.2) is 5.76 Å². The lowest BCUT2D eigenvalue weighted by Gasteiger charge is -2.22. The molecule has 1 atom stereocenters. The molecule has 1 saturated heterocycles. The second-order valence-electron chi connectivity index (χ2n) is 6.43. The normalized spacial score (nSPS) is 19.2. The number of hydrogen-bond acceptors (Lipinski definition) is 5. The van der Waals surface area contributed by atoms with Gasteiger partial charge in [0.05, 0.1) is 16.6 Å². The molecule has 1 aliphatic heterocycles. The number of benzene rings is 1. The Labute approximate surface area is 143 Å². The Morgan fingerprint density at radius 1 is 1.33 bits per heavy atom. The third-order valence-corrected chi connectivity index (χ3v) is 6.21. The SMILES string of the molecule is Cc1cc([C@H]2CCCN2Cc2cccc(S(=O)(=O)N(C)C)c2)on1. The standard InChI is InChI=1S/C17H23N3O3S/c1-13-10-17(23-18-13)16-8-5-9-20(16)12-14-6-4-7-15(11-14)24(21,22)19(2)3/h4,6-7,10-11,16H,5,8-9,12H2,1-3H3/t16-/m1/s1. The van der Waals surface area contributed by atoms with Crippen LogP contribution in [0.3, 0.4) is 0 Å². The lowest BCUT2D eigenvalue weighted by atomic mass is 10.1. The van der Waals surface area contributed by atoms with E-state index in [1.807, 2.05) is 19.1 Å². The maximum atomic E-state index is 12.3. The van der Waals surface area contributed by atoms with Gasteiger partial charge in [-0.3, -0.25) is 4.90 Å². The lowest BCUT2D eigenvalue weighted by molar-refractivity contribution is 0.206. The van der Waals surface area contributed by atoms with Crippen LogP contribution in [0.4, 0.5) is 0 Å². The molecule has 1 aliphatic rings. The summed E-state index contributed by atoms with van der Waals surface area (Å²) in [5.41, 5.74) is 1.87. The molecule has 0 saturated carbocycles. The summed E-state index contributed by atoms with van der Waals surface area (Å²) in [6.45, 7) is 3.58. The van der Waals surface area contributed by atoms with Gasteiger partial charge in [-0.2, -0.15) is 0 Å². The quantitative estimate of drug-likeness (QED) is 0.830. The second kappa shape index (κ2) is 6.66. The average Bonchev–Trinajstić information content (AvgIpc) is 3.16. The molecule has 1 aromatic carbocycles. The Balaban J connectivity index is 1.81. The lowest BCUT2D eigenvalue weighted by Crippen LogP contribution is -2.24. The van der Waals surface area contributed by atoms with Crippen LogP contribution in [0.15, 0.2) is 39.8 Å². The van der Waals surface area contributed by atoms with Crippen molar-refractivity contribution in [3.05, 3.63) is 47.3 Å². The largest absolute Gasteiger partial charge is 0.359 e. The van der Waals surface area contributed by atoms with Gasteiger partial charge in [0, 0.05) is 26.7 Å². The van der Waals surface area contributed by atoms with Gasteiger partial charge in [0.25, 0.3) is 0 Å². The van der Waals surface area contributed by atoms with Gasteiger partial charge in [-0.1, -0.05) is 17.3 Å². The van der Waals surface area contributed by atoms with E-state index in [0.29, 0.717) is 11.4 Å². The highest BCUT2D eigenvalue weighted by atomic mass is 32.2. The molecular formula is C17H23N3O3S. The van der Waals surface area contributed by atoms with Crippen LogP contribution >= 0.6 is 0 Å². The third-order valence-electron chi connectivity index (χ3n) is 4.40. The maximum Gasteiger partial charge on any atom is 0.242 e. The van der Waals surface area contributed by atoms with Crippen LogP contribution in [0.1, 0.15) is 35.9 Å². The zero-order valence-electron chi connectivity index (χ0n) is 14.3. The summed E-state index contributed by atoms with van der Waals surface area (Å²) in [7, 11) is -0.316. The average molecular weight is 349 g/mol. The number of aryl methyl sites for hydroxylation is 1. The Kier molecular flexibility index (Phi) is 4.76. The van der Waals surface area contributed by atoms with Gasteiger partial charge >= 0.3 is 0 Å². The van der Waals surface area contributed by atoms with E-state index in [0.717, 1.165) is 36.4 Å². The Bertz CT molecular complexity index is 814. The van der Waals surface area contributed by atoms with Crippen LogP contribution < -0.4 is 0 Å². The first kappa shape index (κ1) is 17.1. The molecule has 0 amide bonds. The van der Waals surface area contributed by atoms with Crippen molar-refractivity contribution in [1.29, 1.82) is 0 Å². The van der Waals surface area contributed by atoms with Gasteiger partial charge in [-0.15, -0.1) is 0 Å². The minimum Gasteiger partial charge on any atom is -0.359 e. The summed E-state index contributed by atoms with van der Waals surface area (Å²) < 4.78 is 31.3. The van der Waals surface area contributed by atoms with Crippen molar-refractivity contribution < 1.29 is 12.9 Å². The molecule has 7 heteroatoms. The molecule has 1 aromatic heterocycles. The zero-order chi connectivity index (χ0) is 17.3. The number of nitrogens with zero attached hydrogens (tertiary/aromatic N) is 3. The first-order chi connectivity index (χ1) is 11.4. The highest BCUT2D eigenvalue weighted by Gasteiger charge is 2.29. The molecule has 0 N–H and O–H groups in total. The highest BCUT2D eigenvalue weighted by molar-refractivity contribution is 7.89. The Hall–Kier alpha value is -1.70. The van der Waals surface area contributed by atoms with Crippen molar-refractivity contribution in [3.8, 4) is 0 Å². The minimum absolute atomic E-state index is 0.209. The first-order valence-corrected chi connectivity index (χ1v) is 9.50. The fourth-order valence-electron chi connectivity index (χ4n) is 3.13. The van der Waals surface area contributed by atoms with E-state index in [-0.39, 0.29) is 6.04 Å². The van der Waals surface area contributed by atoms with Crippen LogP contribution in [0.2, 0.25) is 0 Å². The van der Waals surface area contributed by atoms with Crippen molar-refractivity contribution in [2.75, 3.05) is 20.6 Å². The smallest absolute Gasteiger partial charge is 0.242 e. The number of likely N-dealkylation sites (tertiary alicyclic amines) is 1. The molecule has 130 valence electrons. The van der Waals surface area contributed by atoms with Gasteiger partial charge in [0.2, 0.25) is 10.0 Å². The van der Waals surface area contributed by atoms with E-state index in [1.54, 1.807) is 32.3 Å². The van der Waals surface area contributed by atoms with Crippen molar-refractivity contribution in [2.45, 2.75) is 37.2 Å². The fraction of sp³-hybridized carbons (Fsp3) is 0.471. The zero-order valence-corrected chi connectivity index (χ0v) is 15.1. The third kappa shape index (κ3) is 3.38. The predicted molar refractivity (Wildman–Crippen MR) is 90.9 cm³/mol. The predicted octanol–water partition coefficient (Wildman–Crippen LogP) is 2.57. The fourth-order valence-corrected chi connectivity index (χ4v) is 4.10. The Morgan fingerprint density at radius 3 is 2.79 bits per heavy atom. The van der Waals surface area contributed by atoms with E-state index < -0.39 is 10.0 Å². The molecule has 0 unspecified atom stereocenters. The number of rotatable bonds is 5. The summed E-state index contributed by atoms with van der Waals surface area (Å²) in [6.07, 6.45) is 2.13. The van der Waals surface area contributed by atoms with Gasteiger partial charge in [0.1, 0.15) is 0 Å². The molecule has 0 bridgehead atoms. The number of aromatic nitrogens is 1. The number of hydrogen-bond donors (Lipinski definition) is 0. The van der Waals surface area contributed by atoms with Crippen LogP contribution in [0, 0.1) is 6.92 Å². The van der Waals surface area contributed by atoms with Gasteiger partial charge < -0.3 is 4.52 Å². The van der Waals surface area contributed by atoms with Crippen molar-refractivity contribution in [1.82, 2.24) is 14.4 Å². The Morgan fingerprint density at radius 2 is 2.12 bits per heavy atom. The van der Waals surface area contributed by atoms with E-state index in [9.17, 15) is 8.42 Å². The highest BCUT2D eigenvalue weighted by Crippen LogP contribution is 2.33. The van der Waals surface area contributed by atoms with Crippen molar-refractivity contribution >= 4 is 10.0 Å². The van der Waals surface area contributed by atoms with Gasteiger partial charge in [-0.25, -0.2) is 12.7 Å². The van der Waals surface area contributed by atoms with E-state index in [4.69, 9.17) is 4.52 Å². The molecular weight excluding hydrogens is 326 g/mol. The second-order valence-corrected chi connectivity index (χ2v) is 8.59. The monoisotopic (exact) mass is 349 g/mol. The van der Waals surface area contributed by atoms with Crippen molar-refractivity contribution in [3.63, 3.8) is 0 Å². The topological polar surface area (TPSA) is 66.7 Å². The van der Waals surface area contributed by atoms with E-state index in [1.165, 1.54) is 4.31 Å². The van der Waals surface area contributed by atoms with Crippen molar-refractivity contribution in [2.24, 2.45) is 0 Å². The maximum absolute atomic E-state index is 12.3. The summed E-state index contributed by atoms with van der Waals surface area (Å²) in [5, 5.41) is 3.98. The van der Waals surface area contributed by atoms with Crippen LogP contribution in [0.5, 0.6) is 0 Å². The minimum atomic E-state index is -3.41. The molecule has 0 radical (unpaired) electrons. The summed E-state index contributed by atoms with van der Waals surface area (Å²) in [6, 6.07) is 9.36. The molecule has 24 heavy (non-hydrogen) atoms. The first-order valence-electron chi connectivity index (χ1n) is 8.06. The van der Waals surface area contributed by atoms with E-state index in [2.05, 4.69) is 10.1 Å². The molecule has 0 aliphatic carbocycles. The molecule has 2 heterocycles. The van der Waals surface area contributed by atoms with Crippen LogP contribution in [-0.4, -0.2) is 43.4 Å². The van der Waals surface area contributed by atoms with Gasteiger partial charge in [-0.05, 0) is 44.0 Å². The van der Waals surface area contributed by atoms with Crippen LogP contribution in [0.25, 0.3) is 0 Å². The summed E-state index contributed by atoms with van der Waals surface area (Å²) >= 11 is 0. The summed E-state index contributed by atoms with van der Waals surface area (Å²) in [4.78, 5) is 2.65.